The second kappa shape index (κ2) is 4.18. The molecule has 0 saturated carbocycles. The van der Waals surface area contributed by atoms with Crippen LogP contribution in [0.2, 0.25) is 5.28 Å². The van der Waals surface area contributed by atoms with Crippen LogP contribution in [-0.2, 0) is 0 Å². The predicted octanol–water partition coefficient (Wildman–Crippen LogP) is 3.10. The van der Waals surface area contributed by atoms with E-state index in [0.717, 1.165) is 17.0 Å². The van der Waals surface area contributed by atoms with Crippen LogP contribution in [0.15, 0.2) is 24.3 Å². The standard InChI is InChI=1S/C12H14ClN3/c1-8-11(15-12(13)14-8)9-4-6-10(7-5-9)16(2)3/h4-7H,1-3H3,(H,14,15). The van der Waals surface area contributed by atoms with Crippen molar-refractivity contribution in [2.75, 3.05) is 19.0 Å². The molecule has 1 aromatic carbocycles. The number of aryl methyl sites for hydroxylation is 1. The molecule has 0 saturated heterocycles. The van der Waals surface area contributed by atoms with E-state index in [1.807, 2.05) is 21.0 Å². The molecule has 0 bridgehead atoms. The van der Waals surface area contributed by atoms with E-state index in [4.69, 9.17) is 11.6 Å². The van der Waals surface area contributed by atoms with Crippen molar-refractivity contribution in [1.29, 1.82) is 0 Å². The minimum atomic E-state index is 0.434. The minimum Gasteiger partial charge on any atom is -0.378 e. The molecule has 0 atom stereocenters. The highest BCUT2D eigenvalue weighted by Crippen LogP contribution is 2.24. The summed E-state index contributed by atoms with van der Waals surface area (Å²) < 4.78 is 0. The molecule has 1 heterocycles. The number of halogens is 1. The summed E-state index contributed by atoms with van der Waals surface area (Å²) >= 11 is 5.82. The average molecular weight is 236 g/mol. The summed E-state index contributed by atoms with van der Waals surface area (Å²) in [7, 11) is 4.04. The molecule has 1 N–H and O–H groups in total. The molecule has 0 aliphatic heterocycles. The number of hydrogen-bond acceptors (Lipinski definition) is 2. The maximum Gasteiger partial charge on any atom is 0.200 e. The highest BCUT2D eigenvalue weighted by Gasteiger charge is 2.07. The Labute approximate surface area is 100 Å². The third-order valence-corrected chi connectivity index (χ3v) is 2.69. The molecule has 84 valence electrons. The number of aromatic amines is 1. The van der Waals surface area contributed by atoms with Crippen LogP contribution in [0.4, 0.5) is 5.69 Å². The molecule has 0 unspecified atom stereocenters. The van der Waals surface area contributed by atoms with Crippen LogP contribution >= 0.6 is 11.6 Å². The highest BCUT2D eigenvalue weighted by atomic mass is 35.5. The summed E-state index contributed by atoms with van der Waals surface area (Å²) in [6.07, 6.45) is 0. The second-order valence-corrected chi connectivity index (χ2v) is 4.30. The van der Waals surface area contributed by atoms with E-state index in [1.165, 1.54) is 5.69 Å². The first kappa shape index (κ1) is 11.0. The van der Waals surface area contributed by atoms with E-state index in [1.54, 1.807) is 0 Å². The molecule has 0 radical (unpaired) electrons. The SMILES string of the molecule is Cc1[nH]c(Cl)nc1-c1ccc(N(C)C)cc1. The maximum atomic E-state index is 5.82. The molecule has 0 fully saturated rings. The summed E-state index contributed by atoms with van der Waals surface area (Å²) in [4.78, 5) is 9.30. The molecule has 0 amide bonds. The monoisotopic (exact) mass is 235 g/mol. The molecule has 4 heteroatoms. The molecular weight excluding hydrogens is 222 g/mol. The lowest BCUT2D eigenvalue weighted by atomic mass is 10.1. The molecule has 0 spiro atoms. The lowest BCUT2D eigenvalue weighted by molar-refractivity contribution is 1.13. The first-order valence-corrected chi connectivity index (χ1v) is 5.45. The van der Waals surface area contributed by atoms with E-state index in [2.05, 4.69) is 39.1 Å². The van der Waals surface area contributed by atoms with Gasteiger partial charge in [-0.3, -0.25) is 0 Å². The molecule has 1 aromatic heterocycles. The summed E-state index contributed by atoms with van der Waals surface area (Å²) in [6, 6.07) is 8.23. The molecule has 0 aliphatic rings. The smallest absolute Gasteiger partial charge is 0.200 e. The average Bonchev–Trinajstić information content (AvgIpc) is 2.58. The lowest BCUT2D eigenvalue weighted by Gasteiger charge is -2.12. The van der Waals surface area contributed by atoms with Crippen LogP contribution in [0.3, 0.4) is 0 Å². The van der Waals surface area contributed by atoms with Crippen molar-refractivity contribution in [3.63, 3.8) is 0 Å². The van der Waals surface area contributed by atoms with Gasteiger partial charge in [-0.2, -0.15) is 0 Å². The van der Waals surface area contributed by atoms with Gasteiger partial charge in [0, 0.05) is 31.0 Å². The van der Waals surface area contributed by atoms with Gasteiger partial charge >= 0.3 is 0 Å². The third-order valence-electron chi connectivity index (χ3n) is 2.51. The molecular formula is C12H14ClN3. The number of anilines is 1. The fourth-order valence-electron chi connectivity index (χ4n) is 1.62. The van der Waals surface area contributed by atoms with Gasteiger partial charge in [-0.05, 0) is 30.7 Å². The van der Waals surface area contributed by atoms with Crippen LogP contribution in [0, 0.1) is 6.92 Å². The molecule has 0 aliphatic carbocycles. The molecule has 2 rings (SSSR count). The normalized spacial score (nSPS) is 10.5. The van der Waals surface area contributed by atoms with Crippen LogP contribution < -0.4 is 4.90 Å². The van der Waals surface area contributed by atoms with Crippen molar-refractivity contribution in [1.82, 2.24) is 9.97 Å². The van der Waals surface area contributed by atoms with E-state index in [0.29, 0.717) is 5.28 Å². The zero-order chi connectivity index (χ0) is 11.7. The van der Waals surface area contributed by atoms with Gasteiger partial charge in [-0.1, -0.05) is 12.1 Å². The van der Waals surface area contributed by atoms with Crippen molar-refractivity contribution >= 4 is 17.3 Å². The van der Waals surface area contributed by atoms with Gasteiger partial charge in [0.1, 0.15) is 0 Å². The third kappa shape index (κ3) is 2.04. The van der Waals surface area contributed by atoms with Gasteiger partial charge < -0.3 is 9.88 Å². The van der Waals surface area contributed by atoms with Crippen LogP contribution in [0.1, 0.15) is 5.69 Å². The number of nitrogens with zero attached hydrogens (tertiary/aromatic N) is 2. The zero-order valence-corrected chi connectivity index (χ0v) is 10.3. The Balaban J connectivity index is 2.38. The fraction of sp³-hybridized carbons (Fsp3) is 0.250. The molecule has 3 nitrogen and oxygen atoms in total. The van der Waals surface area contributed by atoms with Crippen molar-refractivity contribution in [2.45, 2.75) is 6.92 Å². The van der Waals surface area contributed by atoms with E-state index < -0.39 is 0 Å². The van der Waals surface area contributed by atoms with Gasteiger partial charge in [0.2, 0.25) is 5.28 Å². The number of aromatic nitrogens is 2. The first-order chi connectivity index (χ1) is 7.58. The Morgan fingerprint density at radius 3 is 2.25 bits per heavy atom. The number of H-pyrrole nitrogens is 1. The highest BCUT2D eigenvalue weighted by molar-refractivity contribution is 6.28. The first-order valence-electron chi connectivity index (χ1n) is 5.08. The Hall–Kier alpha value is -1.48. The quantitative estimate of drug-likeness (QED) is 0.868. The number of imidazole rings is 1. The Kier molecular flexibility index (Phi) is 2.88. The van der Waals surface area contributed by atoms with E-state index >= 15 is 0 Å². The second-order valence-electron chi connectivity index (χ2n) is 3.94. The van der Waals surface area contributed by atoms with Gasteiger partial charge in [-0.25, -0.2) is 4.98 Å². The van der Waals surface area contributed by atoms with Crippen LogP contribution in [0.5, 0.6) is 0 Å². The summed E-state index contributed by atoms with van der Waals surface area (Å²) in [5, 5.41) is 0.434. The maximum absolute atomic E-state index is 5.82. The largest absolute Gasteiger partial charge is 0.378 e. The molecule has 16 heavy (non-hydrogen) atoms. The number of benzene rings is 1. The van der Waals surface area contributed by atoms with Gasteiger partial charge in [0.15, 0.2) is 0 Å². The topological polar surface area (TPSA) is 31.9 Å². The van der Waals surface area contributed by atoms with Gasteiger partial charge in [0.25, 0.3) is 0 Å². The van der Waals surface area contributed by atoms with Crippen molar-refractivity contribution in [3.05, 3.63) is 35.2 Å². The lowest BCUT2D eigenvalue weighted by Crippen LogP contribution is -2.07. The fourth-order valence-corrected chi connectivity index (χ4v) is 1.85. The summed E-state index contributed by atoms with van der Waals surface area (Å²) in [5.41, 5.74) is 4.15. The number of rotatable bonds is 2. The Bertz CT molecular complexity index is 485. The Morgan fingerprint density at radius 1 is 1.19 bits per heavy atom. The van der Waals surface area contributed by atoms with Crippen molar-refractivity contribution in [2.24, 2.45) is 0 Å². The number of nitrogens with one attached hydrogen (secondary N) is 1. The van der Waals surface area contributed by atoms with Crippen molar-refractivity contribution in [3.8, 4) is 11.3 Å². The van der Waals surface area contributed by atoms with Crippen LogP contribution in [0.25, 0.3) is 11.3 Å². The minimum absolute atomic E-state index is 0.434. The Morgan fingerprint density at radius 2 is 1.81 bits per heavy atom. The van der Waals surface area contributed by atoms with Gasteiger partial charge in [-0.15, -0.1) is 0 Å². The van der Waals surface area contributed by atoms with Crippen molar-refractivity contribution < 1.29 is 0 Å². The van der Waals surface area contributed by atoms with E-state index in [-0.39, 0.29) is 0 Å². The van der Waals surface area contributed by atoms with Crippen LogP contribution in [-0.4, -0.2) is 24.1 Å². The van der Waals surface area contributed by atoms with Gasteiger partial charge in [0.05, 0.1) is 5.69 Å². The summed E-state index contributed by atoms with van der Waals surface area (Å²) in [5.74, 6) is 0. The predicted molar refractivity (Wildman–Crippen MR) is 68.1 cm³/mol. The zero-order valence-electron chi connectivity index (χ0n) is 9.58. The summed E-state index contributed by atoms with van der Waals surface area (Å²) in [6.45, 7) is 1.97. The molecule has 2 aromatic rings. The number of hydrogen-bond donors (Lipinski definition) is 1. The van der Waals surface area contributed by atoms with E-state index in [9.17, 15) is 0 Å².